The Hall–Kier alpha value is -1.85. The van der Waals surface area contributed by atoms with E-state index in [0.717, 1.165) is 6.08 Å². The third-order valence-electron chi connectivity index (χ3n) is 4.90. The van der Waals surface area contributed by atoms with Gasteiger partial charge in [-0.05, 0) is 66.2 Å². The fourth-order valence-corrected chi connectivity index (χ4v) is 3.10. The first kappa shape index (κ1) is 28.1. The Labute approximate surface area is 182 Å². The van der Waals surface area contributed by atoms with E-state index in [1.807, 2.05) is 41.5 Å². The van der Waals surface area contributed by atoms with Crippen LogP contribution in [-0.2, 0) is 28.6 Å². The maximum Gasteiger partial charge on any atom is 0.330 e. The lowest BCUT2D eigenvalue weighted by Crippen LogP contribution is -2.41. The number of carbonyl (C=O) groups excluding carboxylic acids is 3. The minimum Gasteiger partial charge on any atom is -0.461 e. The van der Waals surface area contributed by atoms with E-state index in [4.69, 9.17) is 14.2 Å². The van der Waals surface area contributed by atoms with E-state index in [9.17, 15) is 14.4 Å². The van der Waals surface area contributed by atoms with Gasteiger partial charge >= 0.3 is 17.9 Å². The Balaban J connectivity index is 5.14. The first-order valence-electron chi connectivity index (χ1n) is 10.6. The topological polar surface area (TPSA) is 78.9 Å². The molecule has 0 saturated heterocycles. The van der Waals surface area contributed by atoms with Crippen molar-refractivity contribution in [3.8, 4) is 0 Å². The summed E-state index contributed by atoms with van der Waals surface area (Å²) in [6, 6.07) is 0. The Morgan fingerprint density at radius 1 is 0.900 bits per heavy atom. The van der Waals surface area contributed by atoms with Crippen LogP contribution in [0, 0.1) is 16.2 Å². The van der Waals surface area contributed by atoms with Crippen LogP contribution in [0.4, 0.5) is 0 Å². The van der Waals surface area contributed by atoms with Crippen LogP contribution < -0.4 is 0 Å². The highest BCUT2D eigenvalue weighted by Crippen LogP contribution is 2.37. The maximum atomic E-state index is 12.8. The molecule has 0 bridgehead atoms. The van der Waals surface area contributed by atoms with Crippen molar-refractivity contribution in [3.05, 3.63) is 12.7 Å². The van der Waals surface area contributed by atoms with Crippen LogP contribution in [0.15, 0.2) is 12.7 Å². The highest BCUT2D eigenvalue weighted by Gasteiger charge is 2.42. The lowest BCUT2D eigenvalue weighted by Gasteiger charge is -2.35. The standard InChI is InChI=1S/C24H42O6/c1-12-18(25)29-17(14-21(3,4)5)15-28-19(26)22(6,7)16-23(8,9)20(27)30-24(10,11)13-2/h12,17H,1,13-16H2,2-11H3. The van der Waals surface area contributed by atoms with Crippen molar-refractivity contribution in [3.63, 3.8) is 0 Å². The summed E-state index contributed by atoms with van der Waals surface area (Å²) in [5, 5.41) is 0. The monoisotopic (exact) mass is 426 g/mol. The van der Waals surface area contributed by atoms with Gasteiger partial charge in [0.1, 0.15) is 18.3 Å². The van der Waals surface area contributed by atoms with E-state index in [0.29, 0.717) is 12.8 Å². The average molecular weight is 427 g/mol. The molecule has 0 radical (unpaired) electrons. The zero-order valence-electron chi connectivity index (χ0n) is 20.6. The molecule has 30 heavy (non-hydrogen) atoms. The Bertz CT molecular complexity index is 622. The molecule has 174 valence electrons. The fraction of sp³-hybridized carbons (Fsp3) is 0.792. The van der Waals surface area contributed by atoms with Crippen LogP contribution in [-0.4, -0.2) is 36.2 Å². The molecule has 0 aromatic carbocycles. The molecular formula is C24H42O6. The van der Waals surface area contributed by atoms with Gasteiger partial charge in [-0.25, -0.2) is 4.79 Å². The molecule has 0 heterocycles. The maximum absolute atomic E-state index is 12.8. The second-order valence-electron chi connectivity index (χ2n) is 11.1. The molecule has 0 spiro atoms. The summed E-state index contributed by atoms with van der Waals surface area (Å²) in [6.45, 7) is 22.1. The Morgan fingerprint density at radius 3 is 1.83 bits per heavy atom. The number of hydrogen-bond donors (Lipinski definition) is 0. The molecule has 1 atom stereocenters. The van der Waals surface area contributed by atoms with Gasteiger partial charge in [-0.2, -0.15) is 0 Å². The van der Waals surface area contributed by atoms with Crippen LogP contribution >= 0.6 is 0 Å². The van der Waals surface area contributed by atoms with Gasteiger partial charge in [0.15, 0.2) is 0 Å². The molecule has 0 aromatic heterocycles. The quantitative estimate of drug-likeness (QED) is 0.255. The van der Waals surface area contributed by atoms with Crippen molar-refractivity contribution < 1.29 is 28.6 Å². The number of rotatable bonds is 11. The van der Waals surface area contributed by atoms with Crippen molar-refractivity contribution in [1.82, 2.24) is 0 Å². The molecule has 0 fully saturated rings. The van der Waals surface area contributed by atoms with Crippen molar-refractivity contribution in [2.24, 2.45) is 16.2 Å². The SMILES string of the molecule is C=CC(=O)OC(COC(=O)C(C)(C)CC(C)(C)C(=O)OC(C)(C)CC)CC(C)(C)C. The second kappa shape index (κ2) is 10.5. The first-order valence-corrected chi connectivity index (χ1v) is 10.6. The summed E-state index contributed by atoms with van der Waals surface area (Å²) in [7, 11) is 0. The van der Waals surface area contributed by atoms with E-state index < -0.39 is 34.5 Å². The molecule has 0 saturated carbocycles. The fourth-order valence-electron chi connectivity index (χ4n) is 3.10. The Kier molecular flexibility index (Phi) is 9.81. The van der Waals surface area contributed by atoms with Gasteiger partial charge in [0.2, 0.25) is 0 Å². The van der Waals surface area contributed by atoms with Gasteiger partial charge in [0, 0.05) is 6.08 Å². The molecule has 0 aliphatic carbocycles. The summed E-state index contributed by atoms with van der Waals surface area (Å²) in [6.07, 6.45) is 2.00. The number of hydrogen-bond acceptors (Lipinski definition) is 6. The highest BCUT2D eigenvalue weighted by atomic mass is 16.6. The molecule has 1 unspecified atom stereocenters. The lowest BCUT2D eigenvalue weighted by molar-refractivity contribution is -0.173. The molecule has 6 nitrogen and oxygen atoms in total. The largest absolute Gasteiger partial charge is 0.461 e. The molecule has 0 aliphatic rings. The predicted molar refractivity (Wildman–Crippen MR) is 118 cm³/mol. The van der Waals surface area contributed by atoms with Gasteiger partial charge in [0.05, 0.1) is 10.8 Å². The number of ether oxygens (including phenoxy) is 3. The van der Waals surface area contributed by atoms with Gasteiger partial charge in [-0.1, -0.05) is 34.3 Å². The Morgan fingerprint density at radius 2 is 1.40 bits per heavy atom. The third-order valence-corrected chi connectivity index (χ3v) is 4.90. The van der Waals surface area contributed by atoms with E-state index >= 15 is 0 Å². The van der Waals surface area contributed by atoms with Crippen molar-refractivity contribution in [2.75, 3.05) is 6.61 Å². The molecule has 0 aromatic rings. The van der Waals surface area contributed by atoms with E-state index in [2.05, 4.69) is 6.58 Å². The summed E-state index contributed by atoms with van der Waals surface area (Å²) >= 11 is 0. The van der Waals surface area contributed by atoms with Gasteiger partial charge in [0.25, 0.3) is 0 Å². The lowest BCUT2D eigenvalue weighted by atomic mass is 9.75. The molecular weight excluding hydrogens is 384 g/mol. The van der Waals surface area contributed by atoms with E-state index in [-0.39, 0.29) is 24.4 Å². The summed E-state index contributed by atoms with van der Waals surface area (Å²) in [5.41, 5.74) is -2.47. The van der Waals surface area contributed by atoms with Crippen molar-refractivity contribution in [1.29, 1.82) is 0 Å². The molecule has 0 aliphatic heterocycles. The zero-order chi connectivity index (χ0) is 24.0. The number of carbonyl (C=O) groups is 3. The van der Waals surface area contributed by atoms with E-state index in [1.165, 1.54) is 0 Å². The minimum absolute atomic E-state index is 0.0488. The normalized spacial score (nSPS) is 13.9. The summed E-state index contributed by atoms with van der Waals surface area (Å²) in [4.78, 5) is 37.1. The van der Waals surface area contributed by atoms with Crippen LogP contribution in [0.5, 0.6) is 0 Å². The third kappa shape index (κ3) is 10.3. The van der Waals surface area contributed by atoms with Crippen molar-refractivity contribution >= 4 is 17.9 Å². The predicted octanol–water partition coefficient (Wildman–Crippen LogP) is 5.24. The highest BCUT2D eigenvalue weighted by molar-refractivity contribution is 5.81. The van der Waals surface area contributed by atoms with Gasteiger partial charge < -0.3 is 14.2 Å². The van der Waals surface area contributed by atoms with Gasteiger partial charge in [-0.15, -0.1) is 0 Å². The van der Waals surface area contributed by atoms with Crippen LogP contribution in [0.25, 0.3) is 0 Å². The average Bonchev–Trinajstić information content (AvgIpc) is 2.56. The molecule has 0 amide bonds. The van der Waals surface area contributed by atoms with E-state index in [1.54, 1.807) is 27.7 Å². The van der Waals surface area contributed by atoms with Crippen LogP contribution in [0.1, 0.15) is 88.5 Å². The van der Waals surface area contributed by atoms with Crippen molar-refractivity contribution in [2.45, 2.75) is 100 Å². The summed E-state index contributed by atoms with van der Waals surface area (Å²) in [5.74, 6) is -1.35. The first-order chi connectivity index (χ1) is 13.3. The minimum atomic E-state index is -0.923. The van der Waals surface area contributed by atoms with Gasteiger partial charge in [-0.3, -0.25) is 9.59 Å². The number of esters is 3. The molecule has 0 rings (SSSR count). The zero-order valence-corrected chi connectivity index (χ0v) is 20.6. The van der Waals surface area contributed by atoms with Crippen LogP contribution in [0.3, 0.4) is 0 Å². The molecule has 0 N–H and O–H groups in total. The second-order valence-corrected chi connectivity index (χ2v) is 11.1. The smallest absolute Gasteiger partial charge is 0.330 e. The summed E-state index contributed by atoms with van der Waals surface area (Å²) < 4.78 is 16.5. The molecule has 6 heteroatoms. The van der Waals surface area contributed by atoms with Crippen LogP contribution in [0.2, 0.25) is 0 Å².